The summed E-state index contributed by atoms with van der Waals surface area (Å²) in [7, 11) is 0. The lowest BCUT2D eigenvalue weighted by atomic mass is 10.0. The Balaban J connectivity index is 1.98. The third kappa shape index (κ3) is 3.13. The van der Waals surface area contributed by atoms with Gasteiger partial charge in [-0.05, 0) is 40.0 Å². The van der Waals surface area contributed by atoms with Crippen LogP contribution in [0.3, 0.4) is 0 Å². The summed E-state index contributed by atoms with van der Waals surface area (Å²) in [6, 6.07) is 20.4. The summed E-state index contributed by atoms with van der Waals surface area (Å²) in [6.07, 6.45) is 0.793. The second kappa shape index (κ2) is 6.35. The quantitative estimate of drug-likeness (QED) is 0.561. The Morgan fingerprint density at radius 2 is 1.76 bits per heavy atom. The highest BCUT2D eigenvalue weighted by Crippen LogP contribution is 2.27. The highest BCUT2D eigenvalue weighted by atomic mass is 79.9. The second-order valence-corrected chi connectivity index (χ2v) is 5.81. The zero-order valence-corrected chi connectivity index (χ0v) is 13.0. The van der Waals surface area contributed by atoms with Crippen molar-refractivity contribution >= 4 is 26.8 Å². The molecule has 0 fully saturated rings. The minimum Gasteiger partial charge on any atom is -0.271 e. The van der Waals surface area contributed by atoms with E-state index in [0.29, 0.717) is 0 Å². The van der Waals surface area contributed by atoms with E-state index in [1.807, 2.05) is 36.4 Å². The zero-order valence-electron chi connectivity index (χ0n) is 11.5. The third-order valence-corrected chi connectivity index (χ3v) is 4.15. The number of para-hydroxylation sites is 1. The Morgan fingerprint density at radius 1 is 1.05 bits per heavy atom. The van der Waals surface area contributed by atoms with Gasteiger partial charge in [-0.15, -0.1) is 0 Å². The summed E-state index contributed by atoms with van der Waals surface area (Å²) in [5.74, 6) is 5.75. The molecule has 1 heterocycles. The van der Waals surface area contributed by atoms with Crippen molar-refractivity contribution < 1.29 is 0 Å². The van der Waals surface area contributed by atoms with E-state index < -0.39 is 0 Å². The molecule has 0 bridgehead atoms. The lowest BCUT2D eigenvalue weighted by Gasteiger charge is -2.17. The van der Waals surface area contributed by atoms with Gasteiger partial charge in [-0.1, -0.05) is 48.5 Å². The van der Waals surface area contributed by atoms with E-state index in [0.717, 1.165) is 27.5 Å². The van der Waals surface area contributed by atoms with Crippen molar-refractivity contribution in [3.63, 3.8) is 0 Å². The van der Waals surface area contributed by atoms with Gasteiger partial charge >= 0.3 is 0 Å². The summed E-state index contributed by atoms with van der Waals surface area (Å²) in [6.45, 7) is 0. The Labute approximate surface area is 132 Å². The van der Waals surface area contributed by atoms with Gasteiger partial charge in [0.15, 0.2) is 0 Å². The van der Waals surface area contributed by atoms with Crippen molar-refractivity contribution in [3.05, 3.63) is 76.4 Å². The van der Waals surface area contributed by atoms with Gasteiger partial charge in [0.05, 0.1) is 17.3 Å². The molecular weight excluding hydrogens is 326 g/mol. The maximum absolute atomic E-state index is 5.75. The number of nitrogens with zero attached hydrogens (tertiary/aromatic N) is 1. The molecule has 1 unspecified atom stereocenters. The highest BCUT2D eigenvalue weighted by molar-refractivity contribution is 9.10. The number of rotatable bonds is 4. The molecule has 0 aliphatic carbocycles. The molecule has 0 radical (unpaired) electrons. The minimum atomic E-state index is -0.0358. The van der Waals surface area contributed by atoms with Crippen LogP contribution in [-0.4, -0.2) is 4.98 Å². The van der Waals surface area contributed by atoms with Crippen LogP contribution in [-0.2, 0) is 6.42 Å². The van der Waals surface area contributed by atoms with Crippen molar-refractivity contribution in [1.82, 2.24) is 10.4 Å². The predicted octanol–water partition coefficient (Wildman–Crippen LogP) is 3.74. The summed E-state index contributed by atoms with van der Waals surface area (Å²) in [5, 5.41) is 1.11. The molecule has 0 aliphatic rings. The van der Waals surface area contributed by atoms with Gasteiger partial charge in [-0.25, -0.2) is 4.98 Å². The number of hydrogen-bond acceptors (Lipinski definition) is 3. The van der Waals surface area contributed by atoms with Crippen LogP contribution in [0.15, 0.2) is 65.1 Å². The molecule has 2 aromatic carbocycles. The fraction of sp³-hybridized carbons (Fsp3) is 0.118. The number of nitrogens with one attached hydrogen (secondary N) is 1. The van der Waals surface area contributed by atoms with Crippen molar-refractivity contribution in [2.24, 2.45) is 5.84 Å². The summed E-state index contributed by atoms with van der Waals surface area (Å²) in [4.78, 5) is 4.75. The Morgan fingerprint density at radius 3 is 2.52 bits per heavy atom. The Hall–Kier alpha value is -1.75. The molecule has 3 nitrogen and oxygen atoms in total. The standard InChI is InChI=1S/C17H16BrN3/c18-14-11-13-8-4-5-9-15(13)20-17(14)16(21-19)10-12-6-2-1-3-7-12/h1-9,11,16,21H,10,19H2. The number of halogens is 1. The molecule has 0 saturated carbocycles. The number of pyridine rings is 1. The fourth-order valence-corrected chi connectivity index (χ4v) is 3.05. The third-order valence-electron chi connectivity index (χ3n) is 3.52. The molecule has 106 valence electrons. The molecule has 3 rings (SSSR count). The molecule has 0 amide bonds. The second-order valence-electron chi connectivity index (χ2n) is 4.96. The van der Waals surface area contributed by atoms with Crippen LogP contribution < -0.4 is 11.3 Å². The first-order valence-electron chi connectivity index (χ1n) is 6.83. The maximum Gasteiger partial charge on any atom is 0.0739 e. The molecule has 1 atom stereocenters. The van der Waals surface area contributed by atoms with Crippen LogP contribution in [0.5, 0.6) is 0 Å². The predicted molar refractivity (Wildman–Crippen MR) is 89.7 cm³/mol. The number of hydrogen-bond donors (Lipinski definition) is 2. The summed E-state index contributed by atoms with van der Waals surface area (Å²) >= 11 is 3.61. The number of nitrogens with two attached hydrogens (primary N) is 1. The molecule has 1 aromatic heterocycles. The van der Waals surface area contributed by atoms with Crippen LogP contribution in [0.1, 0.15) is 17.3 Å². The average molecular weight is 342 g/mol. The monoisotopic (exact) mass is 341 g/mol. The summed E-state index contributed by atoms with van der Waals surface area (Å²) < 4.78 is 0.972. The fourth-order valence-electron chi connectivity index (χ4n) is 2.43. The van der Waals surface area contributed by atoms with Crippen LogP contribution in [0.25, 0.3) is 10.9 Å². The lowest BCUT2D eigenvalue weighted by Crippen LogP contribution is -2.30. The molecule has 0 spiro atoms. The Kier molecular flexibility index (Phi) is 4.29. The van der Waals surface area contributed by atoms with Crippen molar-refractivity contribution in [2.45, 2.75) is 12.5 Å². The first-order chi connectivity index (χ1) is 10.3. The minimum absolute atomic E-state index is 0.0358. The van der Waals surface area contributed by atoms with Crippen molar-refractivity contribution in [1.29, 1.82) is 0 Å². The molecule has 3 aromatic rings. The van der Waals surface area contributed by atoms with E-state index >= 15 is 0 Å². The van der Waals surface area contributed by atoms with Gasteiger partial charge in [-0.3, -0.25) is 11.3 Å². The van der Waals surface area contributed by atoms with Gasteiger partial charge in [-0.2, -0.15) is 0 Å². The zero-order chi connectivity index (χ0) is 14.7. The number of fused-ring (bicyclic) bond motifs is 1. The average Bonchev–Trinajstić information content (AvgIpc) is 2.53. The number of aromatic nitrogens is 1. The van der Waals surface area contributed by atoms with Crippen molar-refractivity contribution in [3.8, 4) is 0 Å². The molecule has 0 aliphatic heterocycles. The van der Waals surface area contributed by atoms with E-state index in [1.165, 1.54) is 5.56 Å². The van der Waals surface area contributed by atoms with Gasteiger partial charge in [0, 0.05) is 9.86 Å². The smallest absolute Gasteiger partial charge is 0.0739 e. The number of benzene rings is 2. The maximum atomic E-state index is 5.75. The summed E-state index contributed by atoms with van der Waals surface area (Å²) in [5.41, 5.74) is 6.01. The number of hydrazine groups is 1. The highest BCUT2D eigenvalue weighted by Gasteiger charge is 2.16. The van der Waals surface area contributed by atoms with E-state index in [1.54, 1.807) is 0 Å². The van der Waals surface area contributed by atoms with Crippen LogP contribution >= 0.6 is 15.9 Å². The van der Waals surface area contributed by atoms with Gasteiger partial charge in [0.1, 0.15) is 0 Å². The molecular formula is C17H16BrN3. The Bertz CT molecular complexity index is 743. The van der Waals surface area contributed by atoms with Crippen LogP contribution in [0.4, 0.5) is 0 Å². The van der Waals surface area contributed by atoms with E-state index in [9.17, 15) is 0 Å². The molecule has 4 heteroatoms. The normalized spacial score (nSPS) is 12.5. The molecule has 3 N–H and O–H groups in total. The first kappa shape index (κ1) is 14.2. The van der Waals surface area contributed by atoms with E-state index in [2.05, 4.69) is 45.6 Å². The van der Waals surface area contributed by atoms with Gasteiger partial charge in [0.25, 0.3) is 0 Å². The van der Waals surface area contributed by atoms with Crippen LogP contribution in [0, 0.1) is 0 Å². The van der Waals surface area contributed by atoms with Gasteiger partial charge in [0.2, 0.25) is 0 Å². The van der Waals surface area contributed by atoms with E-state index in [4.69, 9.17) is 10.8 Å². The lowest BCUT2D eigenvalue weighted by molar-refractivity contribution is 0.538. The SMILES string of the molecule is NNC(Cc1ccccc1)c1nc2ccccc2cc1Br. The molecule has 21 heavy (non-hydrogen) atoms. The topological polar surface area (TPSA) is 50.9 Å². The molecule has 0 saturated heterocycles. The largest absolute Gasteiger partial charge is 0.271 e. The van der Waals surface area contributed by atoms with Gasteiger partial charge < -0.3 is 0 Å². The van der Waals surface area contributed by atoms with Crippen molar-refractivity contribution in [2.75, 3.05) is 0 Å². The van der Waals surface area contributed by atoms with Crippen LogP contribution in [0.2, 0.25) is 0 Å². The van der Waals surface area contributed by atoms with E-state index in [-0.39, 0.29) is 6.04 Å². The first-order valence-corrected chi connectivity index (χ1v) is 7.62.